The number of nitrogens with zero attached hydrogens (tertiary/aromatic N) is 4. The fraction of sp³-hybridized carbons (Fsp3) is 0.471. The molecular formula is C17H22N6O4S. The highest BCUT2D eigenvalue weighted by atomic mass is 32.2. The summed E-state index contributed by atoms with van der Waals surface area (Å²) in [4.78, 5) is 24.0. The molecule has 28 heavy (non-hydrogen) atoms. The lowest BCUT2D eigenvalue weighted by Crippen LogP contribution is -2.44. The van der Waals surface area contributed by atoms with E-state index < -0.39 is 11.9 Å². The topological polar surface area (TPSA) is 120 Å². The molecule has 1 aliphatic carbocycles. The van der Waals surface area contributed by atoms with E-state index in [9.17, 15) is 9.59 Å². The van der Waals surface area contributed by atoms with Gasteiger partial charge in [0.2, 0.25) is 11.1 Å². The molecule has 1 aromatic carbocycles. The number of tetrazole rings is 1. The molecule has 0 spiro atoms. The molecule has 1 aromatic heterocycles. The number of carbonyl (C=O) groups excluding carboxylic acids is 2. The average Bonchev–Trinajstić information content (AvgIpc) is 3.37. The third-order valence-electron chi connectivity index (χ3n) is 4.33. The molecule has 1 heterocycles. The summed E-state index contributed by atoms with van der Waals surface area (Å²) in [5, 5.41) is 17.1. The predicted molar refractivity (Wildman–Crippen MR) is 102 cm³/mol. The Bertz CT molecular complexity index is 837. The summed E-state index contributed by atoms with van der Waals surface area (Å²) in [5.74, 6) is 0.733. The first-order valence-corrected chi connectivity index (χ1v) is 9.83. The fourth-order valence-electron chi connectivity index (χ4n) is 2.97. The Morgan fingerprint density at radius 1 is 1.25 bits per heavy atom. The number of hydrogen-bond donors (Lipinski definition) is 2. The summed E-state index contributed by atoms with van der Waals surface area (Å²) in [6, 6.07) is 4.91. The zero-order chi connectivity index (χ0) is 19.9. The van der Waals surface area contributed by atoms with Crippen molar-refractivity contribution in [1.29, 1.82) is 0 Å². The van der Waals surface area contributed by atoms with Gasteiger partial charge in [-0.25, -0.2) is 4.79 Å². The largest absolute Gasteiger partial charge is 0.497 e. The second kappa shape index (κ2) is 9.40. The lowest BCUT2D eigenvalue weighted by Gasteiger charge is -2.12. The van der Waals surface area contributed by atoms with Crippen LogP contribution in [0.25, 0.3) is 5.69 Å². The molecule has 3 amide bonds. The Kier molecular flexibility index (Phi) is 6.69. The van der Waals surface area contributed by atoms with Gasteiger partial charge in [-0.05, 0) is 35.4 Å². The number of amides is 3. The molecule has 0 unspecified atom stereocenters. The minimum Gasteiger partial charge on any atom is -0.497 e. The quantitative estimate of drug-likeness (QED) is 0.665. The summed E-state index contributed by atoms with van der Waals surface area (Å²) in [6.07, 6.45) is 4.11. The summed E-state index contributed by atoms with van der Waals surface area (Å²) >= 11 is 1.11. The van der Waals surface area contributed by atoms with E-state index in [0.717, 1.165) is 37.4 Å². The van der Waals surface area contributed by atoms with Crippen LogP contribution in [0.2, 0.25) is 0 Å². The second-order valence-corrected chi connectivity index (χ2v) is 7.15. The monoisotopic (exact) mass is 406 g/mol. The van der Waals surface area contributed by atoms with E-state index in [2.05, 4.69) is 26.2 Å². The SMILES string of the molecule is COc1ccc(OC)c(-n2nnnc2SCC(=O)NC(=O)NC2CCCC2)c1. The van der Waals surface area contributed by atoms with Crippen LogP contribution >= 0.6 is 11.8 Å². The molecular weight excluding hydrogens is 384 g/mol. The van der Waals surface area contributed by atoms with Gasteiger partial charge >= 0.3 is 6.03 Å². The van der Waals surface area contributed by atoms with Crippen LogP contribution in [-0.4, -0.2) is 58.2 Å². The van der Waals surface area contributed by atoms with Crippen LogP contribution in [0.1, 0.15) is 25.7 Å². The number of benzene rings is 1. The number of hydrogen-bond acceptors (Lipinski definition) is 8. The van der Waals surface area contributed by atoms with Crippen LogP contribution in [0.4, 0.5) is 4.79 Å². The fourth-order valence-corrected chi connectivity index (χ4v) is 3.65. The van der Waals surface area contributed by atoms with Gasteiger partial charge in [-0.3, -0.25) is 10.1 Å². The number of thioether (sulfide) groups is 1. The molecule has 0 radical (unpaired) electrons. The minimum absolute atomic E-state index is 0.00918. The molecule has 11 heteroatoms. The van der Waals surface area contributed by atoms with Gasteiger partial charge in [0.05, 0.1) is 20.0 Å². The van der Waals surface area contributed by atoms with Crippen molar-refractivity contribution in [2.75, 3.05) is 20.0 Å². The van der Waals surface area contributed by atoms with Gasteiger partial charge in [0.25, 0.3) is 0 Å². The zero-order valence-corrected chi connectivity index (χ0v) is 16.5. The summed E-state index contributed by atoms with van der Waals surface area (Å²) in [6.45, 7) is 0. The molecule has 150 valence electrons. The molecule has 1 fully saturated rings. The lowest BCUT2D eigenvalue weighted by molar-refractivity contribution is -0.117. The smallest absolute Gasteiger partial charge is 0.321 e. The van der Waals surface area contributed by atoms with Crippen molar-refractivity contribution in [3.63, 3.8) is 0 Å². The number of rotatable bonds is 7. The van der Waals surface area contributed by atoms with Gasteiger partial charge < -0.3 is 14.8 Å². The van der Waals surface area contributed by atoms with Gasteiger partial charge in [-0.15, -0.1) is 5.10 Å². The molecule has 2 aromatic rings. The molecule has 1 aliphatic rings. The highest BCUT2D eigenvalue weighted by molar-refractivity contribution is 7.99. The Balaban J connectivity index is 1.61. The number of ether oxygens (including phenoxy) is 2. The number of urea groups is 1. The third-order valence-corrected chi connectivity index (χ3v) is 5.25. The standard InChI is InChI=1S/C17H22N6O4S/c1-26-12-7-8-14(27-2)13(9-12)23-17(20-21-22-23)28-10-15(24)19-16(25)18-11-5-3-4-6-11/h7-9,11H,3-6,10H2,1-2H3,(H2,18,19,24,25). The molecule has 10 nitrogen and oxygen atoms in total. The van der Waals surface area contributed by atoms with Crippen LogP contribution in [0.15, 0.2) is 23.4 Å². The molecule has 0 saturated heterocycles. The van der Waals surface area contributed by atoms with E-state index in [1.165, 1.54) is 4.68 Å². The highest BCUT2D eigenvalue weighted by Gasteiger charge is 2.19. The van der Waals surface area contributed by atoms with Gasteiger partial charge in [-0.2, -0.15) is 4.68 Å². The Labute approximate surface area is 166 Å². The van der Waals surface area contributed by atoms with Gasteiger partial charge in [0.1, 0.15) is 17.2 Å². The van der Waals surface area contributed by atoms with Crippen molar-refractivity contribution in [2.24, 2.45) is 0 Å². The van der Waals surface area contributed by atoms with Crippen LogP contribution in [0.5, 0.6) is 11.5 Å². The maximum Gasteiger partial charge on any atom is 0.321 e. The maximum atomic E-state index is 12.1. The van der Waals surface area contributed by atoms with Gasteiger partial charge in [0.15, 0.2) is 0 Å². The first-order valence-electron chi connectivity index (χ1n) is 8.84. The summed E-state index contributed by atoms with van der Waals surface area (Å²) < 4.78 is 12.0. The molecule has 3 rings (SSSR count). The van der Waals surface area contributed by atoms with Crippen molar-refractivity contribution >= 4 is 23.7 Å². The number of imide groups is 1. The van der Waals surface area contributed by atoms with Crippen molar-refractivity contribution < 1.29 is 19.1 Å². The Hall–Kier alpha value is -2.82. The molecule has 0 aliphatic heterocycles. The minimum atomic E-state index is -0.466. The van der Waals surface area contributed by atoms with Crippen LogP contribution in [-0.2, 0) is 4.79 Å². The van der Waals surface area contributed by atoms with Gasteiger partial charge in [-0.1, -0.05) is 24.6 Å². The van der Waals surface area contributed by atoms with Gasteiger partial charge in [0, 0.05) is 12.1 Å². The summed E-state index contributed by atoms with van der Waals surface area (Å²) in [7, 11) is 3.10. The number of carbonyl (C=O) groups is 2. The van der Waals surface area contributed by atoms with E-state index in [1.54, 1.807) is 32.4 Å². The van der Waals surface area contributed by atoms with Crippen LogP contribution in [0, 0.1) is 0 Å². The lowest BCUT2D eigenvalue weighted by atomic mass is 10.2. The van der Waals surface area contributed by atoms with Crippen LogP contribution in [0.3, 0.4) is 0 Å². The highest BCUT2D eigenvalue weighted by Crippen LogP contribution is 2.29. The number of methoxy groups -OCH3 is 2. The van der Waals surface area contributed by atoms with Crippen molar-refractivity contribution in [3.8, 4) is 17.2 Å². The molecule has 0 atom stereocenters. The zero-order valence-electron chi connectivity index (χ0n) is 15.7. The first kappa shape index (κ1) is 19.9. The first-order chi connectivity index (χ1) is 13.6. The van der Waals surface area contributed by atoms with Crippen LogP contribution < -0.4 is 20.1 Å². The van der Waals surface area contributed by atoms with Crippen molar-refractivity contribution in [3.05, 3.63) is 18.2 Å². The normalized spacial score (nSPS) is 13.9. The summed E-state index contributed by atoms with van der Waals surface area (Å²) in [5.41, 5.74) is 0.578. The van der Waals surface area contributed by atoms with E-state index >= 15 is 0 Å². The number of nitrogens with one attached hydrogen (secondary N) is 2. The predicted octanol–water partition coefficient (Wildman–Crippen LogP) is 1.54. The molecule has 2 N–H and O–H groups in total. The van der Waals surface area contributed by atoms with E-state index in [4.69, 9.17) is 9.47 Å². The van der Waals surface area contributed by atoms with Crippen molar-refractivity contribution in [2.45, 2.75) is 36.9 Å². The molecule has 1 saturated carbocycles. The van der Waals surface area contributed by atoms with E-state index in [1.807, 2.05) is 0 Å². The van der Waals surface area contributed by atoms with E-state index in [-0.39, 0.29) is 11.8 Å². The van der Waals surface area contributed by atoms with Crippen molar-refractivity contribution in [1.82, 2.24) is 30.8 Å². The Morgan fingerprint density at radius 2 is 2.04 bits per heavy atom. The molecule has 0 bridgehead atoms. The second-order valence-electron chi connectivity index (χ2n) is 6.20. The average molecular weight is 406 g/mol. The maximum absolute atomic E-state index is 12.1. The Morgan fingerprint density at radius 3 is 2.75 bits per heavy atom. The number of aromatic nitrogens is 4. The third kappa shape index (κ3) is 4.91. The van der Waals surface area contributed by atoms with E-state index in [0.29, 0.717) is 22.3 Å².